The Morgan fingerprint density at radius 1 is 1.06 bits per heavy atom. The Hall–Kier alpha value is -4.13. The van der Waals surface area contributed by atoms with Crippen molar-refractivity contribution in [3.63, 3.8) is 0 Å². The lowest BCUT2D eigenvalue weighted by atomic mass is 9.98. The topological polar surface area (TPSA) is 72.9 Å². The molecule has 160 valence electrons. The zero-order chi connectivity index (χ0) is 22.1. The van der Waals surface area contributed by atoms with Gasteiger partial charge in [-0.15, -0.1) is 0 Å². The average molecular weight is 426 g/mol. The molecule has 0 spiro atoms. The van der Waals surface area contributed by atoms with E-state index in [9.17, 15) is 4.79 Å². The predicted octanol–water partition coefficient (Wildman–Crippen LogP) is 4.84. The first-order valence-electron chi connectivity index (χ1n) is 10.3. The normalized spacial score (nSPS) is 15.6. The minimum atomic E-state index is -0.290. The molecule has 2 aromatic carbocycles. The molecule has 32 heavy (non-hydrogen) atoms. The van der Waals surface area contributed by atoms with Crippen molar-refractivity contribution in [2.24, 2.45) is 5.10 Å². The van der Waals surface area contributed by atoms with Crippen molar-refractivity contribution in [3.8, 4) is 22.7 Å². The van der Waals surface area contributed by atoms with E-state index in [0.717, 1.165) is 34.0 Å². The summed E-state index contributed by atoms with van der Waals surface area (Å²) in [5, 5.41) is 11.0. The van der Waals surface area contributed by atoms with Crippen LogP contribution in [0.4, 0.5) is 0 Å². The zero-order valence-electron chi connectivity index (χ0n) is 17.8. The quantitative estimate of drug-likeness (QED) is 0.458. The van der Waals surface area contributed by atoms with Crippen LogP contribution < -0.4 is 4.74 Å². The van der Waals surface area contributed by atoms with Crippen LogP contribution in [0.15, 0.2) is 88.7 Å². The van der Waals surface area contributed by atoms with E-state index >= 15 is 0 Å². The third-order valence-electron chi connectivity index (χ3n) is 5.52. The van der Waals surface area contributed by atoms with Crippen molar-refractivity contribution in [3.05, 3.63) is 90.5 Å². The molecule has 0 saturated heterocycles. The second-order valence-electron chi connectivity index (χ2n) is 7.55. The first kappa shape index (κ1) is 19.8. The number of rotatable bonds is 5. The van der Waals surface area contributed by atoms with Crippen LogP contribution in [0.3, 0.4) is 0 Å². The SMILES string of the molecule is COc1ccc(-c2nn(-c3ccccc3)cc2[C@@H]2CC(c3ccco3)=NN2C(C)=O)cc1. The van der Waals surface area contributed by atoms with Gasteiger partial charge in [-0.05, 0) is 48.5 Å². The number of para-hydroxylation sites is 1. The molecule has 1 aliphatic rings. The summed E-state index contributed by atoms with van der Waals surface area (Å²) in [6, 6.07) is 21.1. The molecule has 0 saturated carbocycles. The first-order chi connectivity index (χ1) is 15.6. The van der Waals surface area contributed by atoms with E-state index in [1.807, 2.05) is 77.6 Å². The van der Waals surface area contributed by atoms with Gasteiger partial charge in [0.2, 0.25) is 5.91 Å². The molecule has 0 aliphatic carbocycles. The summed E-state index contributed by atoms with van der Waals surface area (Å²) in [5.41, 5.74) is 4.32. The number of carbonyl (C=O) groups excluding carboxylic acids is 1. The van der Waals surface area contributed by atoms with Crippen LogP contribution in [0.1, 0.15) is 30.7 Å². The molecule has 0 N–H and O–H groups in total. The van der Waals surface area contributed by atoms with Crippen LogP contribution in [0, 0.1) is 0 Å². The van der Waals surface area contributed by atoms with E-state index in [0.29, 0.717) is 12.2 Å². The number of furan rings is 1. The smallest absolute Gasteiger partial charge is 0.240 e. The molecular formula is C25H22N4O3. The summed E-state index contributed by atoms with van der Waals surface area (Å²) < 4.78 is 12.7. The van der Waals surface area contributed by atoms with Crippen LogP contribution in [-0.4, -0.2) is 33.5 Å². The number of carbonyl (C=O) groups is 1. The van der Waals surface area contributed by atoms with Gasteiger partial charge >= 0.3 is 0 Å². The number of hydrazone groups is 1. The summed E-state index contributed by atoms with van der Waals surface area (Å²) >= 11 is 0. The van der Waals surface area contributed by atoms with Crippen LogP contribution in [0.2, 0.25) is 0 Å². The fourth-order valence-electron chi connectivity index (χ4n) is 3.95. The number of amides is 1. The van der Waals surface area contributed by atoms with Crippen molar-refractivity contribution in [1.29, 1.82) is 0 Å². The average Bonchev–Trinajstić information content (AvgIpc) is 3.58. The highest BCUT2D eigenvalue weighted by Crippen LogP contribution is 2.38. The summed E-state index contributed by atoms with van der Waals surface area (Å²) in [5.74, 6) is 1.30. The monoisotopic (exact) mass is 426 g/mol. The fraction of sp³-hybridized carbons (Fsp3) is 0.160. The van der Waals surface area contributed by atoms with Crippen molar-refractivity contribution in [2.75, 3.05) is 7.11 Å². The minimum absolute atomic E-state index is 0.135. The maximum absolute atomic E-state index is 12.5. The van der Waals surface area contributed by atoms with Crippen molar-refractivity contribution in [2.45, 2.75) is 19.4 Å². The highest BCUT2D eigenvalue weighted by molar-refractivity contribution is 6.01. The molecule has 0 unspecified atom stereocenters. The van der Waals surface area contributed by atoms with Gasteiger partial charge in [0.1, 0.15) is 17.2 Å². The van der Waals surface area contributed by atoms with Crippen molar-refractivity contribution in [1.82, 2.24) is 14.8 Å². The summed E-state index contributed by atoms with van der Waals surface area (Å²) in [4.78, 5) is 12.5. The van der Waals surface area contributed by atoms with Gasteiger partial charge < -0.3 is 9.15 Å². The second kappa shape index (κ2) is 8.19. The molecule has 2 aromatic heterocycles. The molecule has 3 heterocycles. The molecule has 0 fully saturated rings. The van der Waals surface area contributed by atoms with Gasteiger partial charge in [-0.2, -0.15) is 10.2 Å². The molecule has 1 aliphatic heterocycles. The Morgan fingerprint density at radius 3 is 2.50 bits per heavy atom. The van der Waals surface area contributed by atoms with Crippen molar-refractivity contribution >= 4 is 11.6 Å². The van der Waals surface area contributed by atoms with Gasteiger partial charge in [-0.3, -0.25) is 4.79 Å². The van der Waals surface area contributed by atoms with Crippen LogP contribution >= 0.6 is 0 Å². The summed E-state index contributed by atoms with van der Waals surface area (Å²) in [6.45, 7) is 1.52. The Morgan fingerprint density at radius 2 is 1.84 bits per heavy atom. The number of aromatic nitrogens is 2. The van der Waals surface area contributed by atoms with Gasteiger partial charge in [-0.25, -0.2) is 9.69 Å². The molecule has 5 rings (SSSR count). The summed E-state index contributed by atoms with van der Waals surface area (Å²) in [7, 11) is 1.64. The first-order valence-corrected chi connectivity index (χ1v) is 10.3. The number of benzene rings is 2. The Balaban J connectivity index is 1.61. The van der Waals surface area contributed by atoms with Crippen molar-refractivity contribution < 1.29 is 13.9 Å². The van der Waals surface area contributed by atoms with Gasteiger partial charge in [0.05, 0.1) is 30.8 Å². The Bertz CT molecular complexity index is 1260. The fourth-order valence-corrected chi connectivity index (χ4v) is 3.95. The van der Waals surface area contributed by atoms with E-state index in [2.05, 4.69) is 5.10 Å². The molecular weight excluding hydrogens is 404 g/mol. The lowest BCUT2D eigenvalue weighted by molar-refractivity contribution is -0.130. The second-order valence-corrected chi connectivity index (χ2v) is 7.55. The highest BCUT2D eigenvalue weighted by Gasteiger charge is 2.35. The molecule has 7 heteroatoms. The third-order valence-corrected chi connectivity index (χ3v) is 5.52. The third kappa shape index (κ3) is 3.58. The van der Waals surface area contributed by atoms with Crippen LogP contribution in [0.5, 0.6) is 5.75 Å². The number of ether oxygens (including phenoxy) is 1. The molecule has 1 amide bonds. The van der Waals surface area contributed by atoms with Gasteiger partial charge in [0.15, 0.2) is 0 Å². The molecule has 4 aromatic rings. The number of nitrogens with zero attached hydrogens (tertiary/aromatic N) is 4. The molecule has 7 nitrogen and oxygen atoms in total. The number of methoxy groups -OCH3 is 1. The van der Waals surface area contributed by atoms with E-state index in [4.69, 9.17) is 14.3 Å². The molecule has 0 bridgehead atoms. The predicted molar refractivity (Wildman–Crippen MR) is 121 cm³/mol. The van der Waals surface area contributed by atoms with E-state index in [1.54, 1.807) is 13.4 Å². The maximum atomic E-state index is 12.5. The number of hydrogen-bond donors (Lipinski definition) is 0. The standard InChI is InChI=1S/C25H22N4O3/c1-17(30)29-23(15-22(26-29)24-9-6-14-32-24)21-16-28(19-7-4-3-5-8-19)27-25(21)18-10-12-20(31-2)13-11-18/h3-14,16,23H,15H2,1-2H3/t23-/m0/s1. The van der Waals surface area contributed by atoms with E-state index < -0.39 is 0 Å². The van der Waals surface area contributed by atoms with Gasteiger partial charge in [0, 0.05) is 30.7 Å². The Kier molecular flexibility index (Phi) is 5.07. The molecule has 0 radical (unpaired) electrons. The van der Waals surface area contributed by atoms with E-state index in [-0.39, 0.29) is 11.9 Å². The van der Waals surface area contributed by atoms with Crippen LogP contribution in [-0.2, 0) is 4.79 Å². The van der Waals surface area contributed by atoms with Crippen LogP contribution in [0.25, 0.3) is 16.9 Å². The largest absolute Gasteiger partial charge is 0.497 e. The van der Waals surface area contributed by atoms with Gasteiger partial charge in [0.25, 0.3) is 0 Å². The van der Waals surface area contributed by atoms with E-state index in [1.165, 1.54) is 11.9 Å². The lowest BCUT2D eigenvalue weighted by Gasteiger charge is -2.20. The lowest BCUT2D eigenvalue weighted by Crippen LogP contribution is -2.24. The minimum Gasteiger partial charge on any atom is -0.497 e. The number of hydrogen-bond acceptors (Lipinski definition) is 5. The summed E-state index contributed by atoms with van der Waals surface area (Å²) in [6.07, 6.45) is 4.13. The molecule has 1 atom stereocenters. The zero-order valence-corrected chi connectivity index (χ0v) is 17.8. The maximum Gasteiger partial charge on any atom is 0.240 e. The van der Waals surface area contributed by atoms with Gasteiger partial charge in [-0.1, -0.05) is 18.2 Å². The highest BCUT2D eigenvalue weighted by atomic mass is 16.5. The Labute approximate surface area is 185 Å².